The summed E-state index contributed by atoms with van der Waals surface area (Å²) in [6, 6.07) is 7.57. The number of aliphatic hydroxyl groups is 1. The number of carbonyl (C=O) groups excluding carboxylic acids is 1. The number of imidazole rings is 1. The highest BCUT2D eigenvalue weighted by molar-refractivity contribution is 7.17. The maximum Gasteiger partial charge on any atom is 0.280 e. The van der Waals surface area contributed by atoms with Crippen LogP contribution in [0.2, 0.25) is 4.34 Å². The highest BCUT2D eigenvalue weighted by atomic mass is 35.5. The normalized spacial score (nSPS) is 19.8. The lowest BCUT2D eigenvalue weighted by atomic mass is 9.88. The second kappa shape index (κ2) is 9.66. The van der Waals surface area contributed by atoms with Crippen LogP contribution in [0, 0.1) is 5.82 Å². The molecule has 1 amide bonds. The molecule has 0 bridgehead atoms. The van der Waals surface area contributed by atoms with Gasteiger partial charge in [-0.05, 0) is 37.5 Å². The Morgan fingerprint density at radius 3 is 2.81 bits per heavy atom. The van der Waals surface area contributed by atoms with Crippen molar-refractivity contribution < 1.29 is 18.7 Å². The molecule has 1 saturated carbocycles. The Morgan fingerprint density at radius 2 is 2.05 bits per heavy atom. The predicted octanol–water partition coefficient (Wildman–Crippen LogP) is 4.89. The molecular weight excluding hydrogens is 519 g/mol. The molecule has 188 valence electrons. The van der Waals surface area contributed by atoms with Crippen molar-refractivity contribution in [1.29, 1.82) is 0 Å². The van der Waals surface area contributed by atoms with E-state index in [4.69, 9.17) is 21.0 Å². The van der Waals surface area contributed by atoms with E-state index in [1.165, 1.54) is 24.7 Å². The fraction of sp³-hybridized carbons (Fsp3) is 0.240. The molecule has 12 heteroatoms. The van der Waals surface area contributed by atoms with E-state index in [-0.39, 0.29) is 23.0 Å². The number of halogens is 2. The number of fused-ring (bicyclic) bond motifs is 1. The van der Waals surface area contributed by atoms with Crippen LogP contribution in [0.3, 0.4) is 0 Å². The largest absolute Gasteiger partial charge is 0.443 e. The summed E-state index contributed by atoms with van der Waals surface area (Å²) in [5.74, 6) is -0.00917. The van der Waals surface area contributed by atoms with Gasteiger partial charge in [-0.3, -0.25) is 4.79 Å². The van der Waals surface area contributed by atoms with Gasteiger partial charge in [0, 0.05) is 12.1 Å². The van der Waals surface area contributed by atoms with Gasteiger partial charge >= 0.3 is 0 Å². The molecule has 1 aromatic carbocycles. The van der Waals surface area contributed by atoms with Gasteiger partial charge in [-0.2, -0.15) is 0 Å². The third-order valence-electron chi connectivity index (χ3n) is 6.37. The van der Waals surface area contributed by atoms with E-state index in [1.54, 1.807) is 30.5 Å². The minimum atomic E-state index is -0.692. The first-order chi connectivity index (χ1) is 18.0. The van der Waals surface area contributed by atoms with Gasteiger partial charge in [0.2, 0.25) is 5.89 Å². The number of aromatic nitrogens is 5. The van der Waals surface area contributed by atoms with E-state index >= 15 is 0 Å². The summed E-state index contributed by atoms with van der Waals surface area (Å²) in [7, 11) is 0. The molecule has 5 aromatic rings. The first-order valence-electron chi connectivity index (χ1n) is 11.6. The molecule has 1 aliphatic carbocycles. The Hall–Kier alpha value is -3.67. The van der Waals surface area contributed by atoms with Crippen LogP contribution in [-0.2, 0) is 0 Å². The average molecular weight is 539 g/mol. The minimum absolute atomic E-state index is 0.253. The topological polar surface area (TPSA) is 119 Å². The number of amides is 1. The SMILES string of the molecule is O=C(N[C@H]1C[C@H](O)C[C@@H](n2c(-c3ccccc3F)nc3cnc(-c4ncco4)cc32)C1)c1ncc(Cl)s1. The molecule has 1 fully saturated rings. The van der Waals surface area contributed by atoms with Crippen molar-refractivity contribution in [1.82, 2.24) is 29.8 Å². The second-order valence-electron chi connectivity index (χ2n) is 8.84. The van der Waals surface area contributed by atoms with Gasteiger partial charge in [-0.25, -0.2) is 24.3 Å². The summed E-state index contributed by atoms with van der Waals surface area (Å²) in [4.78, 5) is 30.1. The molecule has 9 nitrogen and oxygen atoms in total. The number of nitrogens with zero attached hydrogens (tertiary/aromatic N) is 5. The Balaban J connectivity index is 1.42. The first kappa shape index (κ1) is 23.7. The van der Waals surface area contributed by atoms with E-state index in [9.17, 15) is 14.3 Å². The van der Waals surface area contributed by atoms with Gasteiger partial charge in [0.15, 0.2) is 5.01 Å². The summed E-state index contributed by atoms with van der Waals surface area (Å²) in [5.41, 5.74) is 2.08. The van der Waals surface area contributed by atoms with Crippen molar-refractivity contribution in [3.63, 3.8) is 0 Å². The van der Waals surface area contributed by atoms with Crippen molar-refractivity contribution in [2.24, 2.45) is 0 Å². The molecule has 37 heavy (non-hydrogen) atoms. The lowest BCUT2D eigenvalue weighted by Crippen LogP contribution is -2.43. The Labute approximate surface area is 219 Å². The molecule has 6 rings (SSSR count). The number of hydrogen-bond donors (Lipinski definition) is 2. The van der Waals surface area contributed by atoms with E-state index < -0.39 is 11.9 Å². The molecule has 0 saturated heterocycles. The van der Waals surface area contributed by atoms with Crippen LogP contribution in [0.4, 0.5) is 4.39 Å². The van der Waals surface area contributed by atoms with Crippen molar-refractivity contribution in [3.8, 4) is 23.0 Å². The summed E-state index contributed by atoms with van der Waals surface area (Å²) in [6.45, 7) is 0. The number of rotatable bonds is 5. The molecule has 0 radical (unpaired) electrons. The molecule has 0 unspecified atom stereocenters. The van der Waals surface area contributed by atoms with Crippen LogP contribution in [0.15, 0.2) is 59.6 Å². The molecular formula is C25H20ClFN6O3S. The van der Waals surface area contributed by atoms with Crippen LogP contribution in [0.25, 0.3) is 34.0 Å². The van der Waals surface area contributed by atoms with Gasteiger partial charge in [-0.1, -0.05) is 35.1 Å². The van der Waals surface area contributed by atoms with Crippen LogP contribution < -0.4 is 5.32 Å². The molecule has 2 N–H and O–H groups in total. The number of pyridine rings is 1. The minimum Gasteiger partial charge on any atom is -0.443 e. The van der Waals surface area contributed by atoms with Gasteiger partial charge in [0.25, 0.3) is 5.91 Å². The number of aliphatic hydroxyl groups excluding tert-OH is 1. The smallest absolute Gasteiger partial charge is 0.280 e. The Bertz CT molecular complexity index is 1590. The number of thiazole rings is 1. The first-order valence-corrected chi connectivity index (χ1v) is 12.8. The lowest BCUT2D eigenvalue weighted by Gasteiger charge is -2.34. The molecule has 4 aromatic heterocycles. The number of hydrogen-bond acceptors (Lipinski definition) is 8. The Kier molecular flexibility index (Phi) is 6.19. The fourth-order valence-electron chi connectivity index (χ4n) is 4.86. The zero-order chi connectivity index (χ0) is 25.5. The van der Waals surface area contributed by atoms with E-state index in [2.05, 4.69) is 20.3 Å². The van der Waals surface area contributed by atoms with Crippen LogP contribution in [0.5, 0.6) is 0 Å². The van der Waals surface area contributed by atoms with Crippen LogP contribution >= 0.6 is 22.9 Å². The quantitative estimate of drug-likeness (QED) is 0.327. The third-order valence-corrected chi connectivity index (χ3v) is 7.49. The summed E-state index contributed by atoms with van der Waals surface area (Å²) >= 11 is 7.02. The molecule has 0 spiro atoms. The van der Waals surface area contributed by atoms with Gasteiger partial charge in [-0.15, -0.1) is 0 Å². The zero-order valence-electron chi connectivity index (χ0n) is 19.2. The number of benzene rings is 1. The summed E-state index contributed by atoms with van der Waals surface area (Å²) in [6.07, 6.45) is 6.60. The maximum absolute atomic E-state index is 15.0. The van der Waals surface area contributed by atoms with Crippen molar-refractivity contribution in [3.05, 3.63) is 70.3 Å². The molecule has 1 aliphatic rings. The fourth-order valence-corrected chi connectivity index (χ4v) is 5.68. The lowest BCUT2D eigenvalue weighted by molar-refractivity contribution is 0.0747. The maximum atomic E-state index is 15.0. The van der Waals surface area contributed by atoms with Gasteiger partial charge in [0.1, 0.15) is 33.5 Å². The Morgan fingerprint density at radius 1 is 1.19 bits per heavy atom. The monoisotopic (exact) mass is 538 g/mol. The van der Waals surface area contributed by atoms with E-state index in [0.717, 1.165) is 11.3 Å². The standard InChI is InChI=1S/C25H20ClFN6O3S/c26-21-12-30-25(37-21)23(35)31-13-7-14(9-15(34)8-13)33-20-10-18(24-28-5-6-36-24)29-11-19(20)32-22(33)16-3-1-2-4-17(16)27/h1-6,10-15,34H,7-9H2,(H,31,35)/t13-,14+,15+/m1/s1. The van der Waals surface area contributed by atoms with Crippen molar-refractivity contribution in [2.75, 3.05) is 0 Å². The van der Waals surface area contributed by atoms with Gasteiger partial charge in [0.05, 0.1) is 35.8 Å². The molecule has 3 atom stereocenters. The second-order valence-corrected chi connectivity index (χ2v) is 10.5. The number of oxazole rings is 1. The van der Waals surface area contributed by atoms with Crippen molar-refractivity contribution >= 4 is 39.9 Å². The molecule has 0 aliphatic heterocycles. The number of carbonyl (C=O) groups is 1. The average Bonchev–Trinajstić information content (AvgIpc) is 3.63. The third kappa shape index (κ3) is 4.61. The summed E-state index contributed by atoms with van der Waals surface area (Å²) < 4.78 is 22.7. The highest BCUT2D eigenvalue weighted by Crippen LogP contribution is 2.37. The van der Waals surface area contributed by atoms with E-state index in [0.29, 0.717) is 57.6 Å². The number of nitrogens with one attached hydrogen (secondary N) is 1. The predicted molar refractivity (Wildman–Crippen MR) is 136 cm³/mol. The van der Waals surface area contributed by atoms with Crippen LogP contribution in [-0.4, -0.2) is 47.7 Å². The van der Waals surface area contributed by atoms with E-state index in [1.807, 2.05) is 4.57 Å². The molecule has 4 heterocycles. The van der Waals surface area contributed by atoms with Crippen LogP contribution in [0.1, 0.15) is 35.1 Å². The zero-order valence-corrected chi connectivity index (χ0v) is 20.8. The highest BCUT2D eigenvalue weighted by Gasteiger charge is 2.33. The van der Waals surface area contributed by atoms with Crippen molar-refractivity contribution in [2.45, 2.75) is 37.5 Å². The van der Waals surface area contributed by atoms with Gasteiger partial charge < -0.3 is 19.4 Å². The summed E-state index contributed by atoms with van der Waals surface area (Å²) in [5, 5.41) is 14.0.